The predicted molar refractivity (Wildman–Crippen MR) is 146 cm³/mol. The number of hydrogen-bond acceptors (Lipinski definition) is 5. The molecular weight excluding hydrogens is 500 g/mol. The molecule has 1 amide bonds. The van der Waals surface area contributed by atoms with Gasteiger partial charge in [-0.05, 0) is 30.3 Å². The highest BCUT2D eigenvalue weighted by molar-refractivity contribution is 5.98. The van der Waals surface area contributed by atoms with Crippen molar-refractivity contribution in [3.8, 4) is 33.9 Å². The molecule has 0 aliphatic carbocycles. The molecule has 0 radical (unpaired) electrons. The molecule has 10 heteroatoms. The third kappa shape index (κ3) is 4.39. The van der Waals surface area contributed by atoms with Crippen molar-refractivity contribution in [3.63, 3.8) is 0 Å². The van der Waals surface area contributed by atoms with Crippen LogP contribution in [-0.4, -0.2) is 36.0 Å². The van der Waals surface area contributed by atoms with Crippen molar-refractivity contribution in [1.82, 2.24) is 30.1 Å². The van der Waals surface area contributed by atoms with Crippen LogP contribution in [0.4, 0.5) is 14.5 Å². The van der Waals surface area contributed by atoms with Gasteiger partial charge in [0, 0.05) is 46.0 Å². The summed E-state index contributed by atoms with van der Waals surface area (Å²) >= 11 is 0. The first-order valence-electron chi connectivity index (χ1n) is 12.2. The van der Waals surface area contributed by atoms with Crippen molar-refractivity contribution < 1.29 is 13.6 Å². The van der Waals surface area contributed by atoms with Gasteiger partial charge in [-0.1, -0.05) is 32.9 Å². The van der Waals surface area contributed by atoms with Crippen LogP contribution in [0, 0.1) is 17.0 Å². The number of H-pyrrole nitrogens is 2. The first-order valence-corrected chi connectivity index (χ1v) is 12.2. The molecule has 0 atom stereocenters. The lowest BCUT2D eigenvalue weighted by molar-refractivity contribution is -0.123. The van der Waals surface area contributed by atoms with Crippen LogP contribution < -0.4 is 5.32 Å². The second kappa shape index (κ2) is 9.09. The molecule has 0 fully saturated rings. The summed E-state index contributed by atoms with van der Waals surface area (Å²) in [6.07, 6.45) is 4.63. The van der Waals surface area contributed by atoms with E-state index in [1.807, 2.05) is 0 Å². The van der Waals surface area contributed by atoms with Gasteiger partial charge in [0.1, 0.15) is 28.5 Å². The fourth-order valence-electron chi connectivity index (χ4n) is 4.31. The summed E-state index contributed by atoms with van der Waals surface area (Å²) in [6, 6.07) is 12.8. The maximum absolute atomic E-state index is 15.2. The van der Waals surface area contributed by atoms with E-state index in [0.29, 0.717) is 56.0 Å². The van der Waals surface area contributed by atoms with E-state index < -0.39 is 17.0 Å². The molecule has 4 heterocycles. The van der Waals surface area contributed by atoms with Crippen LogP contribution in [0.25, 0.3) is 55.8 Å². The third-order valence-electron chi connectivity index (χ3n) is 6.39. The predicted octanol–water partition coefficient (Wildman–Crippen LogP) is 6.49. The number of pyridine rings is 2. The summed E-state index contributed by atoms with van der Waals surface area (Å²) in [5.74, 6) is -0.635. The van der Waals surface area contributed by atoms with Gasteiger partial charge in [-0.3, -0.25) is 19.9 Å². The van der Waals surface area contributed by atoms with Crippen LogP contribution in [0.2, 0.25) is 0 Å². The Bertz CT molecular complexity index is 1880. The molecule has 0 saturated carbocycles. The first-order chi connectivity index (χ1) is 18.7. The van der Waals surface area contributed by atoms with E-state index >= 15 is 4.39 Å². The zero-order chi connectivity index (χ0) is 27.3. The third-order valence-corrected chi connectivity index (χ3v) is 6.39. The van der Waals surface area contributed by atoms with Crippen LogP contribution in [0.5, 0.6) is 0 Å². The van der Waals surface area contributed by atoms with Crippen molar-refractivity contribution in [1.29, 1.82) is 0 Å². The van der Waals surface area contributed by atoms with Crippen molar-refractivity contribution in [2.24, 2.45) is 5.41 Å². The molecule has 0 saturated heterocycles. The Morgan fingerprint density at radius 3 is 2.54 bits per heavy atom. The van der Waals surface area contributed by atoms with E-state index in [4.69, 9.17) is 4.98 Å². The van der Waals surface area contributed by atoms with Gasteiger partial charge < -0.3 is 10.3 Å². The molecule has 0 aliphatic heterocycles. The highest BCUT2D eigenvalue weighted by Crippen LogP contribution is 2.34. The van der Waals surface area contributed by atoms with Gasteiger partial charge >= 0.3 is 0 Å². The van der Waals surface area contributed by atoms with Crippen molar-refractivity contribution >= 4 is 33.5 Å². The van der Waals surface area contributed by atoms with Gasteiger partial charge in [0.05, 0.1) is 22.9 Å². The number of rotatable bonds is 4. The molecule has 4 aromatic heterocycles. The second-order valence-corrected chi connectivity index (χ2v) is 10.2. The number of aromatic amines is 2. The number of carbonyl (C=O) groups excluding carboxylic acids is 1. The number of nitrogens with zero attached hydrogens (tertiary/aromatic N) is 4. The number of hydrogen-bond donors (Lipinski definition) is 3. The number of anilines is 1. The largest absolute Gasteiger partial charge is 0.336 e. The van der Waals surface area contributed by atoms with Gasteiger partial charge in [0.15, 0.2) is 5.82 Å². The summed E-state index contributed by atoms with van der Waals surface area (Å²) in [4.78, 5) is 28.9. The first kappa shape index (κ1) is 24.4. The zero-order valence-corrected chi connectivity index (χ0v) is 21.3. The van der Waals surface area contributed by atoms with Crippen LogP contribution in [0.3, 0.4) is 0 Å². The fourth-order valence-corrected chi connectivity index (χ4v) is 4.31. The molecule has 0 bridgehead atoms. The maximum atomic E-state index is 15.2. The summed E-state index contributed by atoms with van der Waals surface area (Å²) in [5.41, 5.74) is 3.47. The van der Waals surface area contributed by atoms with Crippen molar-refractivity contribution in [2.75, 3.05) is 5.32 Å². The number of nitrogens with one attached hydrogen (secondary N) is 3. The number of fused-ring (bicyclic) bond motifs is 2. The lowest BCUT2D eigenvalue weighted by Crippen LogP contribution is -2.27. The molecule has 194 valence electrons. The summed E-state index contributed by atoms with van der Waals surface area (Å²) < 4.78 is 29.7. The molecule has 0 aliphatic rings. The van der Waals surface area contributed by atoms with Crippen LogP contribution in [-0.2, 0) is 4.79 Å². The molecule has 3 N–H and O–H groups in total. The minimum atomic E-state index is -0.597. The molecular formula is C29H23F2N7O. The Labute approximate surface area is 221 Å². The standard InChI is InChI=1S/C29H23F2N7O/c1-29(2,3)28(39)34-16-10-15(13-32-14-16)18-11-19-23(12-21(18)31)37-38-25(19)27-35-22-8-9-33-24(26(22)36-27)17-6-4-5-7-20(17)30/h4-14H,1-3H3,(H,34,39)(H,35,36)(H,37,38). The minimum Gasteiger partial charge on any atom is -0.336 e. The Morgan fingerprint density at radius 2 is 1.74 bits per heavy atom. The van der Waals surface area contributed by atoms with E-state index in [9.17, 15) is 9.18 Å². The van der Waals surface area contributed by atoms with E-state index in [1.54, 1.807) is 63.4 Å². The normalized spacial score (nSPS) is 11.8. The fraction of sp³-hybridized carbons (Fsp3) is 0.138. The van der Waals surface area contributed by atoms with Gasteiger partial charge in [-0.15, -0.1) is 0 Å². The summed E-state index contributed by atoms with van der Waals surface area (Å²) in [5, 5.41) is 10.7. The van der Waals surface area contributed by atoms with Gasteiger partial charge in [0.25, 0.3) is 0 Å². The number of amides is 1. The molecule has 8 nitrogen and oxygen atoms in total. The van der Waals surface area contributed by atoms with Crippen molar-refractivity contribution in [2.45, 2.75) is 20.8 Å². The average molecular weight is 524 g/mol. The highest BCUT2D eigenvalue weighted by atomic mass is 19.1. The van der Waals surface area contributed by atoms with E-state index in [-0.39, 0.29) is 11.5 Å². The smallest absolute Gasteiger partial charge is 0.229 e. The second-order valence-electron chi connectivity index (χ2n) is 10.2. The number of aromatic nitrogens is 6. The molecule has 39 heavy (non-hydrogen) atoms. The molecule has 0 unspecified atom stereocenters. The van der Waals surface area contributed by atoms with Crippen LogP contribution in [0.15, 0.2) is 67.1 Å². The van der Waals surface area contributed by atoms with E-state index in [0.717, 1.165) is 0 Å². The molecule has 6 aromatic rings. The summed E-state index contributed by atoms with van der Waals surface area (Å²) in [6.45, 7) is 5.42. The Kier molecular flexibility index (Phi) is 5.67. The quantitative estimate of drug-likeness (QED) is 0.244. The SMILES string of the molecule is CC(C)(C)C(=O)Nc1cncc(-c2cc3c(-c4nc5c(-c6ccccc6F)nccc5[nH]4)n[nH]c3cc2F)c1. The molecule has 2 aromatic carbocycles. The number of halogens is 2. The lowest BCUT2D eigenvalue weighted by atomic mass is 9.95. The zero-order valence-electron chi connectivity index (χ0n) is 21.3. The average Bonchev–Trinajstić information content (AvgIpc) is 3.51. The van der Waals surface area contributed by atoms with Gasteiger partial charge in [0.2, 0.25) is 5.91 Å². The minimum absolute atomic E-state index is 0.177. The van der Waals surface area contributed by atoms with Gasteiger partial charge in [-0.25, -0.2) is 13.8 Å². The Hall–Kier alpha value is -4.99. The van der Waals surface area contributed by atoms with E-state index in [1.165, 1.54) is 24.5 Å². The molecule has 0 spiro atoms. The van der Waals surface area contributed by atoms with Crippen LogP contribution >= 0.6 is 0 Å². The highest BCUT2D eigenvalue weighted by Gasteiger charge is 2.22. The molecule has 6 rings (SSSR count). The summed E-state index contributed by atoms with van der Waals surface area (Å²) in [7, 11) is 0. The van der Waals surface area contributed by atoms with E-state index in [2.05, 4.69) is 30.5 Å². The number of carbonyl (C=O) groups is 1. The number of benzene rings is 2. The monoisotopic (exact) mass is 523 g/mol. The van der Waals surface area contributed by atoms with Crippen molar-refractivity contribution in [3.05, 3.63) is 78.8 Å². The topological polar surface area (TPSA) is 112 Å². The van der Waals surface area contributed by atoms with Crippen LogP contribution in [0.1, 0.15) is 20.8 Å². The lowest BCUT2D eigenvalue weighted by Gasteiger charge is -2.17. The Morgan fingerprint density at radius 1 is 0.923 bits per heavy atom. The number of imidazole rings is 1. The van der Waals surface area contributed by atoms with Gasteiger partial charge in [-0.2, -0.15) is 5.10 Å². The Balaban J connectivity index is 1.44. The maximum Gasteiger partial charge on any atom is 0.229 e.